The Bertz CT molecular complexity index is 1940. The maximum atomic E-state index is 13.1. The van der Waals surface area contributed by atoms with Crippen LogP contribution in [-0.4, -0.2) is 96.7 Å². The number of hydrogen-bond donors (Lipinski definition) is 3. The molecule has 0 aromatic rings. The molecule has 0 aromatic carbocycles. The molecule has 0 aliphatic carbocycles. The molecule has 0 heterocycles. The molecule has 100 heavy (non-hydrogen) atoms. The van der Waals surface area contributed by atoms with Crippen LogP contribution < -0.4 is 0 Å². The van der Waals surface area contributed by atoms with Crippen molar-refractivity contribution in [1.82, 2.24) is 0 Å². The van der Waals surface area contributed by atoms with Crippen molar-refractivity contribution in [2.45, 2.75) is 439 Å². The SMILES string of the molecule is CCCCCCCCCCCCCCCCCCCCCCC(=O)OC[C@H](COP(=O)(O)OC[C@@H](O)COP(=O)(O)OC[C@@H](COC(=O)CCCCCCCCC(C)C)OC(=O)CCCCCCCCC(C)C)OC(=O)CCCCCCCCCCCCCCCCCCCCC(C)CC. The van der Waals surface area contributed by atoms with Crippen molar-refractivity contribution in [3.63, 3.8) is 0 Å². The van der Waals surface area contributed by atoms with Crippen LogP contribution in [0.5, 0.6) is 0 Å². The Balaban J connectivity index is 5.15. The van der Waals surface area contributed by atoms with Crippen molar-refractivity contribution < 1.29 is 80.2 Å². The van der Waals surface area contributed by atoms with Crippen LogP contribution in [0.25, 0.3) is 0 Å². The average Bonchev–Trinajstić information content (AvgIpc) is 1.86. The van der Waals surface area contributed by atoms with E-state index in [1.54, 1.807) is 0 Å². The molecule has 0 saturated carbocycles. The number of phosphoric ester groups is 2. The van der Waals surface area contributed by atoms with E-state index in [1.807, 2.05) is 0 Å². The summed E-state index contributed by atoms with van der Waals surface area (Å²) in [4.78, 5) is 72.8. The molecular formula is C81H158O17P2. The number of phosphoric acid groups is 2. The zero-order chi connectivity index (χ0) is 73.7. The number of unbranched alkanes of at least 4 members (excludes halogenated alkanes) is 46. The van der Waals surface area contributed by atoms with Crippen molar-refractivity contribution in [3.05, 3.63) is 0 Å². The largest absolute Gasteiger partial charge is 0.472 e. The van der Waals surface area contributed by atoms with Crippen molar-refractivity contribution in [2.24, 2.45) is 17.8 Å². The van der Waals surface area contributed by atoms with Gasteiger partial charge in [-0.2, -0.15) is 0 Å². The summed E-state index contributed by atoms with van der Waals surface area (Å²) in [6.07, 6.45) is 60.3. The molecular weight excluding hydrogens is 1310 g/mol. The van der Waals surface area contributed by atoms with Gasteiger partial charge in [-0.3, -0.25) is 37.3 Å². The predicted octanol–water partition coefficient (Wildman–Crippen LogP) is 24.1. The van der Waals surface area contributed by atoms with E-state index >= 15 is 0 Å². The Morgan fingerprint density at radius 3 is 0.760 bits per heavy atom. The number of aliphatic hydroxyl groups is 1. The highest BCUT2D eigenvalue weighted by Crippen LogP contribution is 2.45. The van der Waals surface area contributed by atoms with Crippen LogP contribution in [0.15, 0.2) is 0 Å². The molecule has 3 unspecified atom stereocenters. The summed E-state index contributed by atoms with van der Waals surface area (Å²) in [6.45, 7) is 11.8. The zero-order valence-electron chi connectivity index (χ0n) is 65.7. The molecule has 0 bridgehead atoms. The minimum Gasteiger partial charge on any atom is -0.462 e. The van der Waals surface area contributed by atoms with Crippen LogP contribution in [0, 0.1) is 17.8 Å². The van der Waals surface area contributed by atoms with Gasteiger partial charge in [0.05, 0.1) is 26.4 Å². The lowest BCUT2D eigenvalue weighted by Crippen LogP contribution is -2.30. The molecule has 0 aliphatic heterocycles. The molecule has 3 N–H and O–H groups in total. The minimum atomic E-state index is -4.96. The van der Waals surface area contributed by atoms with Crippen LogP contribution in [-0.2, 0) is 65.4 Å². The van der Waals surface area contributed by atoms with Crippen molar-refractivity contribution in [1.29, 1.82) is 0 Å². The summed E-state index contributed by atoms with van der Waals surface area (Å²) < 4.78 is 68.5. The summed E-state index contributed by atoms with van der Waals surface area (Å²) in [7, 11) is -9.91. The zero-order valence-corrected chi connectivity index (χ0v) is 67.5. The van der Waals surface area contributed by atoms with Gasteiger partial charge in [0, 0.05) is 25.7 Å². The maximum Gasteiger partial charge on any atom is 0.472 e. The summed E-state index contributed by atoms with van der Waals surface area (Å²) in [5, 5.41) is 10.6. The first kappa shape index (κ1) is 98.1. The van der Waals surface area contributed by atoms with E-state index in [-0.39, 0.29) is 25.7 Å². The van der Waals surface area contributed by atoms with E-state index in [0.29, 0.717) is 37.5 Å². The molecule has 0 fully saturated rings. The Labute approximate surface area is 613 Å². The number of rotatable bonds is 79. The molecule has 0 spiro atoms. The first-order chi connectivity index (χ1) is 48.3. The number of hydrogen-bond acceptors (Lipinski definition) is 15. The van der Waals surface area contributed by atoms with Gasteiger partial charge in [0.25, 0.3) is 0 Å². The van der Waals surface area contributed by atoms with Gasteiger partial charge < -0.3 is 33.8 Å². The molecule has 0 aromatic heterocycles. The second kappa shape index (κ2) is 71.3. The third-order valence-electron chi connectivity index (χ3n) is 19.2. The highest BCUT2D eigenvalue weighted by atomic mass is 31.2. The van der Waals surface area contributed by atoms with Gasteiger partial charge in [0.1, 0.15) is 19.3 Å². The van der Waals surface area contributed by atoms with Gasteiger partial charge in [-0.25, -0.2) is 9.13 Å². The fraction of sp³-hybridized carbons (Fsp3) is 0.951. The smallest absolute Gasteiger partial charge is 0.462 e. The molecule has 17 nitrogen and oxygen atoms in total. The van der Waals surface area contributed by atoms with Crippen LogP contribution in [0.3, 0.4) is 0 Å². The van der Waals surface area contributed by atoms with Gasteiger partial charge in [-0.15, -0.1) is 0 Å². The van der Waals surface area contributed by atoms with Crippen molar-refractivity contribution in [3.8, 4) is 0 Å². The summed E-state index contributed by atoms with van der Waals surface area (Å²) in [5.74, 6) is 0.0990. The number of ether oxygens (including phenoxy) is 4. The van der Waals surface area contributed by atoms with E-state index in [1.165, 1.54) is 225 Å². The van der Waals surface area contributed by atoms with E-state index in [2.05, 4.69) is 48.5 Å². The highest BCUT2D eigenvalue weighted by Gasteiger charge is 2.30. The number of carbonyl (C=O) groups is 4. The summed E-state index contributed by atoms with van der Waals surface area (Å²) in [6, 6.07) is 0. The lowest BCUT2D eigenvalue weighted by atomic mass is 9.99. The van der Waals surface area contributed by atoms with Gasteiger partial charge in [0.2, 0.25) is 0 Å². The van der Waals surface area contributed by atoms with E-state index in [0.717, 1.165) is 102 Å². The first-order valence-corrected chi connectivity index (χ1v) is 44.9. The summed E-state index contributed by atoms with van der Waals surface area (Å²) >= 11 is 0. The Morgan fingerprint density at radius 1 is 0.290 bits per heavy atom. The van der Waals surface area contributed by atoms with Crippen LogP contribution in [0.2, 0.25) is 0 Å². The molecule has 6 atom stereocenters. The van der Waals surface area contributed by atoms with Crippen LogP contribution in [0.1, 0.15) is 421 Å². The molecule has 0 amide bonds. The lowest BCUT2D eigenvalue weighted by Gasteiger charge is -2.21. The first-order valence-electron chi connectivity index (χ1n) is 41.9. The standard InChI is InChI=1S/C81H158O17P2/c1-8-10-11-12-13-14-15-16-17-18-19-20-24-27-30-33-36-39-48-55-62-78(83)91-68-76(97-80(85)64-57-50-40-37-34-31-28-25-22-21-23-26-29-32-35-38-47-54-61-74(7)9-2)70-95-99(87,88)93-66-75(82)67-94-100(89,90)96-71-77(98-81(86)65-58-51-44-42-46-53-60-73(5)6)69-92-79(84)63-56-49-43-41-45-52-59-72(3)4/h72-77,82H,8-71H2,1-7H3,(H,87,88)(H,89,90)/t74?,75-,76-,77-/m1/s1. The minimum absolute atomic E-state index is 0.101. The second-order valence-electron chi connectivity index (χ2n) is 30.4. The van der Waals surface area contributed by atoms with Crippen LogP contribution in [0.4, 0.5) is 0 Å². The van der Waals surface area contributed by atoms with Gasteiger partial charge >= 0.3 is 39.5 Å². The van der Waals surface area contributed by atoms with E-state index < -0.39 is 97.5 Å². The Hall–Kier alpha value is -1.94. The monoisotopic (exact) mass is 1470 g/mol. The molecule has 594 valence electrons. The third kappa shape index (κ3) is 73.0. The normalized spacial score (nSPS) is 14.2. The van der Waals surface area contributed by atoms with Crippen LogP contribution >= 0.6 is 15.6 Å². The summed E-state index contributed by atoms with van der Waals surface area (Å²) in [5.41, 5.74) is 0. The molecule has 0 aliphatic rings. The van der Waals surface area contributed by atoms with E-state index in [9.17, 15) is 43.2 Å². The van der Waals surface area contributed by atoms with E-state index in [4.69, 9.17) is 37.0 Å². The fourth-order valence-corrected chi connectivity index (χ4v) is 14.0. The second-order valence-corrected chi connectivity index (χ2v) is 33.3. The van der Waals surface area contributed by atoms with Crippen molar-refractivity contribution >= 4 is 39.5 Å². The van der Waals surface area contributed by atoms with Gasteiger partial charge in [-0.05, 0) is 43.4 Å². The predicted molar refractivity (Wildman–Crippen MR) is 409 cm³/mol. The molecule has 0 rings (SSSR count). The fourth-order valence-electron chi connectivity index (χ4n) is 12.5. The number of aliphatic hydroxyl groups excluding tert-OH is 1. The Kier molecular flexibility index (Phi) is 69.9. The molecule has 0 radical (unpaired) electrons. The lowest BCUT2D eigenvalue weighted by molar-refractivity contribution is -0.161. The number of esters is 4. The highest BCUT2D eigenvalue weighted by molar-refractivity contribution is 7.47. The third-order valence-corrected chi connectivity index (χ3v) is 21.1. The molecule has 19 heteroatoms. The topological polar surface area (TPSA) is 237 Å². The van der Waals surface area contributed by atoms with Gasteiger partial charge in [-0.1, -0.05) is 370 Å². The molecule has 0 saturated heterocycles. The maximum absolute atomic E-state index is 13.1. The quantitative estimate of drug-likeness (QED) is 0.0222. The van der Waals surface area contributed by atoms with Crippen molar-refractivity contribution in [2.75, 3.05) is 39.6 Å². The number of carbonyl (C=O) groups excluding carboxylic acids is 4. The van der Waals surface area contributed by atoms with Gasteiger partial charge in [0.15, 0.2) is 12.2 Å². The average molecular weight is 1470 g/mol. The Morgan fingerprint density at radius 2 is 0.510 bits per heavy atom.